The zero-order valence-corrected chi connectivity index (χ0v) is 9.98. The summed E-state index contributed by atoms with van der Waals surface area (Å²) in [7, 11) is 0. The van der Waals surface area contributed by atoms with Gasteiger partial charge >= 0.3 is 5.97 Å². The largest absolute Gasteiger partial charge is 0.465 e. The summed E-state index contributed by atoms with van der Waals surface area (Å²) in [6, 6.07) is 0.437. The molecule has 2 rings (SSSR count). The number of morpholine rings is 1. The molecule has 0 aromatic heterocycles. The minimum atomic E-state index is -0.103. The number of nitrogens with zero attached hydrogens (tertiary/aromatic N) is 1. The molecular formula is C12H21NO3. The zero-order valence-electron chi connectivity index (χ0n) is 9.98. The van der Waals surface area contributed by atoms with E-state index in [0.29, 0.717) is 25.3 Å². The third-order valence-corrected chi connectivity index (χ3v) is 3.48. The van der Waals surface area contributed by atoms with Gasteiger partial charge in [-0.15, -0.1) is 0 Å². The summed E-state index contributed by atoms with van der Waals surface area (Å²) in [5.41, 5.74) is 0. The molecule has 92 valence electrons. The number of hydrogen-bond donors (Lipinski definition) is 0. The molecule has 0 radical (unpaired) electrons. The lowest BCUT2D eigenvalue weighted by atomic mass is 9.90. The Balaban J connectivity index is 1.89. The highest BCUT2D eigenvalue weighted by Gasteiger charge is 2.34. The van der Waals surface area contributed by atoms with Crippen LogP contribution in [0, 0.1) is 0 Å². The zero-order chi connectivity index (χ0) is 11.4. The van der Waals surface area contributed by atoms with Gasteiger partial charge in [0.1, 0.15) is 0 Å². The number of hydrogen-bond acceptors (Lipinski definition) is 4. The molecule has 1 saturated carbocycles. The van der Waals surface area contributed by atoms with Gasteiger partial charge in [-0.3, -0.25) is 9.69 Å². The lowest BCUT2D eigenvalue weighted by molar-refractivity contribution is -0.150. The molecule has 1 heterocycles. The number of ether oxygens (including phenoxy) is 2. The molecular weight excluding hydrogens is 206 g/mol. The Morgan fingerprint density at radius 1 is 1.44 bits per heavy atom. The number of carbonyl (C=O) groups excluding carboxylic acids is 1. The Morgan fingerprint density at radius 2 is 2.25 bits per heavy atom. The van der Waals surface area contributed by atoms with E-state index in [1.807, 2.05) is 6.92 Å². The predicted octanol–water partition coefficient (Wildman–Crippen LogP) is 1.19. The van der Waals surface area contributed by atoms with Crippen LogP contribution in [-0.4, -0.2) is 49.3 Å². The fourth-order valence-corrected chi connectivity index (χ4v) is 2.75. The quantitative estimate of drug-likeness (QED) is 0.679. The second kappa shape index (κ2) is 5.64. The van der Waals surface area contributed by atoms with Gasteiger partial charge in [0.15, 0.2) is 0 Å². The third-order valence-electron chi connectivity index (χ3n) is 3.48. The molecule has 0 unspecified atom stereocenters. The van der Waals surface area contributed by atoms with E-state index in [2.05, 4.69) is 4.90 Å². The van der Waals surface area contributed by atoms with E-state index in [1.54, 1.807) is 0 Å². The first-order valence-electron chi connectivity index (χ1n) is 6.32. The van der Waals surface area contributed by atoms with E-state index < -0.39 is 0 Å². The molecule has 16 heavy (non-hydrogen) atoms. The van der Waals surface area contributed by atoms with Gasteiger partial charge in [0, 0.05) is 12.6 Å². The Labute approximate surface area is 96.9 Å². The molecule has 0 N–H and O–H groups in total. The van der Waals surface area contributed by atoms with Crippen molar-refractivity contribution >= 4 is 5.97 Å². The monoisotopic (exact) mass is 227 g/mol. The van der Waals surface area contributed by atoms with Crippen LogP contribution in [-0.2, 0) is 14.3 Å². The van der Waals surface area contributed by atoms with Crippen molar-refractivity contribution in [3.8, 4) is 0 Å². The standard InChI is InChI=1S/C12H21NO3/c1-2-15-12(14)9-13-7-8-16-11-6-4-3-5-10(11)13/h10-11H,2-9H2,1H3/t10-,11+/m1/s1. The first-order chi connectivity index (χ1) is 7.81. The van der Waals surface area contributed by atoms with Crippen LogP contribution in [0.4, 0.5) is 0 Å². The molecule has 2 fully saturated rings. The van der Waals surface area contributed by atoms with Gasteiger partial charge in [-0.1, -0.05) is 12.8 Å². The Morgan fingerprint density at radius 3 is 3.06 bits per heavy atom. The minimum Gasteiger partial charge on any atom is -0.465 e. The smallest absolute Gasteiger partial charge is 0.320 e. The van der Waals surface area contributed by atoms with Gasteiger partial charge in [0.25, 0.3) is 0 Å². The molecule has 4 nitrogen and oxygen atoms in total. The molecule has 1 saturated heterocycles. The molecule has 1 aliphatic carbocycles. The van der Waals surface area contributed by atoms with E-state index in [-0.39, 0.29) is 5.97 Å². The Kier molecular flexibility index (Phi) is 4.18. The van der Waals surface area contributed by atoms with Crippen LogP contribution in [0.5, 0.6) is 0 Å². The van der Waals surface area contributed by atoms with Crippen molar-refractivity contribution in [1.29, 1.82) is 0 Å². The summed E-state index contributed by atoms with van der Waals surface area (Å²) in [4.78, 5) is 13.7. The van der Waals surface area contributed by atoms with Gasteiger partial charge in [-0.05, 0) is 19.8 Å². The number of esters is 1. The van der Waals surface area contributed by atoms with Gasteiger partial charge in [-0.2, -0.15) is 0 Å². The number of fused-ring (bicyclic) bond motifs is 1. The number of carbonyl (C=O) groups is 1. The second-order valence-corrected chi connectivity index (χ2v) is 4.54. The molecule has 0 aromatic carbocycles. The van der Waals surface area contributed by atoms with E-state index in [9.17, 15) is 4.79 Å². The van der Waals surface area contributed by atoms with Gasteiger partial charge < -0.3 is 9.47 Å². The average Bonchev–Trinajstić information content (AvgIpc) is 2.30. The maximum atomic E-state index is 11.5. The van der Waals surface area contributed by atoms with Crippen molar-refractivity contribution in [1.82, 2.24) is 4.90 Å². The summed E-state index contributed by atoms with van der Waals surface area (Å²) >= 11 is 0. The van der Waals surface area contributed by atoms with Crippen LogP contribution in [0.15, 0.2) is 0 Å². The van der Waals surface area contributed by atoms with Crippen molar-refractivity contribution < 1.29 is 14.3 Å². The fourth-order valence-electron chi connectivity index (χ4n) is 2.75. The third kappa shape index (κ3) is 2.74. The Bertz CT molecular complexity index is 242. The van der Waals surface area contributed by atoms with Crippen LogP contribution in [0.1, 0.15) is 32.6 Å². The van der Waals surface area contributed by atoms with E-state index in [0.717, 1.165) is 26.0 Å². The first kappa shape index (κ1) is 11.9. The Hall–Kier alpha value is -0.610. The maximum Gasteiger partial charge on any atom is 0.320 e. The summed E-state index contributed by atoms with van der Waals surface area (Å²) in [6.45, 7) is 4.36. The van der Waals surface area contributed by atoms with E-state index in [1.165, 1.54) is 12.8 Å². The highest BCUT2D eigenvalue weighted by Crippen LogP contribution is 2.28. The van der Waals surface area contributed by atoms with Gasteiger partial charge in [0.2, 0.25) is 0 Å². The second-order valence-electron chi connectivity index (χ2n) is 4.54. The van der Waals surface area contributed by atoms with Gasteiger partial charge in [0.05, 0.1) is 25.9 Å². The summed E-state index contributed by atoms with van der Waals surface area (Å²) in [6.07, 6.45) is 5.16. The molecule has 1 aliphatic heterocycles. The van der Waals surface area contributed by atoms with Crippen LogP contribution in [0.2, 0.25) is 0 Å². The molecule has 0 aromatic rings. The topological polar surface area (TPSA) is 38.8 Å². The molecule has 0 bridgehead atoms. The summed E-state index contributed by atoms with van der Waals surface area (Å²) in [5, 5.41) is 0. The van der Waals surface area contributed by atoms with Crippen molar-refractivity contribution in [2.24, 2.45) is 0 Å². The van der Waals surface area contributed by atoms with Crippen molar-refractivity contribution in [2.75, 3.05) is 26.3 Å². The molecule has 0 amide bonds. The lowest BCUT2D eigenvalue weighted by Gasteiger charge is -2.43. The molecule has 0 spiro atoms. The average molecular weight is 227 g/mol. The number of rotatable bonds is 3. The highest BCUT2D eigenvalue weighted by atomic mass is 16.5. The van der Waals surface area contributed by atoms with Crippen LogP contribution in [0.25, 0.3) is 0 Å². The van der Waals surface area contributed by atoms with Crippen LogP contribution >= 0.6 is 0 Å². The van der Waals surface area contributed by atoms with E-state index >= 15 is 0 Å². The molecule has 2 atom stereocenters. The van der Waals surface area contributed by atoms with E-state index in [4.69, 9.17) is 9.47 Å². The molecule has 2 aliphatic rings. The van der Waals surface area contributed by atoms with Crippen LogP contribution in [0.3, 0.4) is 0 Å². The highest BCUT2D eigenvalue weighted by molar-refractivity contribution is 5.71. The normalized spacial score (nSPS) is 30.8. The first-order valence-corrected chi connectivity index (χ1v) is 6.32. The van der Waals surface area contributed by atoms with Crippen molar-refractivity contribution in [3.05, 3.63) is 0 Å². The van der Waals surface area contributed by atoms with Gasteiger partial charge in [-0.25, -0.2) is 0 Å². The maximum absolute atomic E-state index is 11.5. The molecule has 4 heteroatoms. The van der Waals surface area contributed by atoms with Crippen molar-refractivity contribution in [3.63, 3.8) is 0 Å². The fraction of sp³-hybridized carbons (Fsp3) is 0.917. The predicted molar refractivity (Wildman–Crippen MR) is 60.2 cm³/mol. The SMILES string of the molecule is CCOC(=O)CN1CCO[C@H]2CCCC[C@H]21. The van der Waals surface area contributed by atoms with Crippen molar-refractivity contribution in [2.45, 2.75) is 44.8 Å². The summed E-state index contributed by atoms with van der Waals surface area (Å²) < 4.78 is 10.8. The summed E-state index contributed by atoms with van der Waals surface area (Å²) in [5.74, 6) is -0.103. The minimum absolute atomic E-state index is 0.103. The van der Waals surface area contributed by atoms with Crippen LogP contribution < -0.4 is 0 Å². The lowest BCUT2D eigenvalue weighted by Crippen LogP contribution is -2.54.